The standard InChI is InChI=1S/C12H7ClF5N3/c13-9-4-10(21-11(20-9)12(16,17)18)19-5-6-1-2-7(14)8(15)3-6/h1-4H,5H2,(H,19,20,21). The molecule has 0 radical (unpaired) electrons. The SMILES string of the molecule is Fc1ccc(CNc2cc(Cl)nc(C(F)(F)F)n2)cc1F. The number of halogens is 6. The molecule has 2 rings (SSSR count). The number of rotatable bonds is 3. The van der Waals surface area contributed by atoms with E-state index in [1.165, 1.54) is 6.07 Å². The van der Waals surface area contributed by atoms with Crippen LogP contribution in [0.3, 0.4) is 0 Å². The van der Waals surface area contributed by atoms with E-state index < -0.39 is 23.6 Å². The average Bonchev–Trinajstić information content (AvgIpc) is 2.38. The van der Waals surface area contributed by atoms with Crippen molar-refractivity contribution >= 4 is 17.4 Å². The average molecular weight is 324 g/mol. The van der Waals surface area contributed by atoms with Crippen LogP contribution in [0.2, 0.25) is 5.15 Å². The van der Waals surface area contributed by atoms with Crippen LogP contribution >= 0.6 is 11.6 Å². The van der Waals surface area contributed by atoms with Crippen LogP contribution in [0.4, 0.5) is 27.8 Å². The zero-order valence-corrected chi connectivity index (χ0v) is 10.9. The first-order chi connectivity index (χ1) is 9.75. The van der Waals surface area contributed by atoms with E-state index >= 15 is 0 Å². The normalized spacial score (nSPS) is 11.5. The third-order valence-electron chi connectivity index (χ3n) is 2.41. The van der Waals surface area contributed by atoms with Crippen LogP contribution in [-0.4, -0.2) is 9.97 Å². The van der Waals surface area contributed by atoms with Crippen molar-refractivity contribution in [3.8, 4) is 0 Å². The van der Waals surface area contributed by atoms with E-state index in [0.717, 1.165) is 18.2 Å². The number of hydrogen-bond acceptors (Lipinski definition) is 3. The third kappa shape index (κ3) is 4.01. The first kappa shape index (κ1) is 15.4. The van der Waals surface area contributed by atoms with Gasteiger partial charge in [0.2, 0.25) is 5.82 Å². The Morgan fingerprint density at radius 3 is 2.38 bits per heavy atom. The molecule has 1 aromatic heterocycles. The topological polar surface area (TPSA) is 37.8 Å². The molecule has 0 atom stereocenters. The molecule has 0 unspecified atom stereocenters. The summed E-state index contributed by atoms with van der Waals surface area (Å²) in [5.74, 6) is -3.62. The molecule has 2 aromatic rings. The van der Waals surface area contributed by atoms with Crippen LogP contribution in [-0.2, 0) is 12.7 Å². The lowest BCUT2D eigenvalue weighted by Gasteiger charge is -2.10. The molecule has 112 valence electrons. The first-order valence-corrected chi connectivity index (χ1v) is 5.93. The van der Waals surface area contributed by atoms with Crippen LogP contribution in [0.25, 0.3) is 0 Å². The van der Waals surface area contributed by atoms with Gasteiger partial charge in [-0.15, -0.1) is 0 Å². The van der Waals surface area contributed by atoms with Crippen molar-refractivity contribution < 1.29 is 22.0 Å². The van der Waals surface area contributed by atoms with Crippen molar-refractivity contribution in [1.29, 1.82) is 0 Å². The summed E-state index contributed by atoms with van der Waals surface area (Å²) in [6, 6.07) is 4.23. The number of anilines is 1. The highest BCUT2D eigenvalue weighted by atomic mass is 35.5. The third-order valence-corrected chi connectivity index (χ3v) is 2.60. The second-order valence-corrected chi connectivity index (χ2v) is 4.39. The zero-order valence-electron chi connectivity index (χ0n) is 10.2. The van der Waals surface area contributed by atoms with Crippen molar-refractivity contribution in [3.63, 3.8) is 0 Å². The fourth-order valence-corrected chi connectivity index (χ4v) is 1.66. The first-order valence-electron chi connectivity index (χ1n) is 5.55. The molecule has 0 amide bonds. The van der Waals surface area contributed by atoms with Crippen molar-refractivity contribution in [1.82, 2.24) is 9.97 Å². The predicted molar refractivity (Wildman–Crippen MR) is 65.7 cm³/mol. The van der Waals surface area contributed by atoms with Gasteiger partial charge in [0.05, 0.1) is 0 Å². The molecular weight excluding hydrogens is 317 g/mol. The smallest absolute Gasteiger partial charge is 0.366 e. The fourth-order valence-electron chi connectivity index (χ4n) is 1.48. The molecule has 0 aliphatic carbocycles. The van der Waals surface area contributed by atoms with E-state index in [1.807, 2.05) is 0 Å². The molecule has 0 fully saturated rings. The Kier molecular flexibility index (Phi) is 4.26. The van der Waals surface area contributed by atoms with Crippen molar-refractivity contribution in [3.05, 3.63) is 52.4 Å². The van der Waals surface area contributed by atoms with Gasteiger partial charge >= 0.3 is 6.18 Å². The maximum atomic E-state index is 13.0. The summed E-state index contributed by atoms with van der Waals surface area (Å²) in [4.78, 5) is 6.33. The molecule has 0 saturated heterocycles. The van der Waals surface area contributed by atoms with Crippen molar-refractivity contribution in [2.45, 2.75) is 12.7 Å². The van der Waals surface area contributed by atoms with E-state index in [2.05, 4.69) is 15.3 Å². The van der Waals surface area contributed by atoms with Gasteiger partial charge < -0.3 is 5.32 Å². The van der Waals surface area contributed by atoms with Gasteiger partial charge in [0, 0.05) is 12.6 Å². The lowest BCUT2D eigenvalue weighted by Crippen LogP contribution is -2.13. The van der Waals surface area contributed by atoms with Gasteiger partial charge in [0.15, 0.2) is 11.6 Å². The van der Waals surface area contributed by atoms with Gasteiger partial charge in [-0.2, -0.15) is 13.2 Å². The molecule has 3 nitrogen and oxygen atoms in total. The Balaban J connectivity index is 2.16. The van der Waals surface area contributed by atoms with Crippen LogP contribution in [0.5, 0.6) is 0 Å². The van der Waals surface area contributed by atoms with E-state index in [1.54, 1.807) is 0 Å². The molecule has 0 aliphatic heterocycles. The fraction of sp³-hybridized carbons (Fsp3) is 0.167. The largest absolute Gasteiger partial charge is 0.451 e. The van der Waals surface area contributed by atoms with Crippen LogP contribution < -0.4 is 5.32 Å². The minimum absolute atomic E-state index is 0.0537. The summed E-state index contributed by atoms with van der Waals surface area (Å²) in [5.41, 5.74) is 0.331. The Morgan fingerprint density at radius 2 is 1.76 bits per heavy atom. The molecule has 1 aromatic carbocycles. The molecule has 1 heterocycles. The zero-order chi connectivity index (χ0) is 15.6. The maximum Gasteiger partial charge on any atom is 0.451 e. The van der Waals surface area contributed by atoms with Crippen molar-refractivity contribution in [2.24, 2.45) is 0 Å². The minimum atomic E-state index is -4.73. The Bertz CT molecular complexity index is 660. The minimum Gasteiger partial charge on any atom is -0.366 e. The summed E-state index contributed by atoms with van der Waals surface area (Å²) in [6.45, 7) is -0.0537. The quantitative estimate of drug-likeness (QED) is 0.684. The van der Waals surface area contributed by atoms with Gasteiger partial charge in [-0.25, -0.2) is 18.7 Å². The summed E-state index contributed by atoms with van der Waals surface area (Å²) < 4.78 is 63.2. The highest BCUT2D eigenvalue weighted by Crippen LogP contribution is 2.28. The summed E-state index contributed by atoms with van der Waals surface area (Å²) in [5, 5.41) is 2.15. The molecular formula is C12H7ClF5N3. The highest BCUT2D eigenvalue weighted by molar-refractivity contribution is 6.29. The highest BCUT2D eigenvalue weighted by Gasteiger charge is 2.35. The lowest BCUT2D eigenvalue weighted by atomic mass is 10.2. The molecule has 0 spiro atoms. The number of hydrogen-bond donors (Lipinski definition) is 1. The Morgan fingerprint density at radius 1 is 1.05 bits per heavy atom. The number of aromatic nitrogens is 2. The van der Waals surface area contributed by atoms with Crippen LogP contribution in [0, 0.1) is 11.6 Å². The van der Waals surface area contributed by atoms with Gasteiger partial charge in [-0.05, 0) is 17.7 Å². The molecule has 0 saturated carbocycles. The monoisotopic (exact) mass is 323 g/mol. The van der Waals surface area contributed by atoms with Crippen LogP contribution in [0.15, 0.2) is 24.3 Å². The van der Waals surface area contributed by atoms with Gasteiger partial charge in [-0.1, -0.05) is 17.7 Å². The Hall–Kier alpha value is -1.96. The second kappa shape index (κ2) is 5.80. The second-order valence-electron chi connectivity index (χ2n) is 4.00. The number of nitrogens with zero attached hydrogens (tertiary/aromatic N) is 2. The van der Waals surface area contributed by atoms with E-state index in [4.69, 9.17) is 11.6 Å². The van der Waals surface area contributed by atoms with Gasteiger partial charge in [-0.3, -0.25) is 0 Å². The molecule has 0 bridgehead atoms. The van der Waals surface area contributed by atoms with E-state index in [9.17, 15) is 22.0 Å². The molecule has 0 aliphatic rings. The van der Waals surface area contributed by atoms with E-state index in [0.29, 0.717) is 5.56 Å². The summed E-state index contributed by atoms with van der Waals surface area (Å²) in [6.07, 6.45) is -4.73. The molecule has 21 heavy (non-hydrogen) atoms. The summed E-state index contributed by atoms with van der Waals surface area (Å²) >= 11 is 5.48. The van der Waals surface area contributed by atoms with Gasteiger partial charge in [0.1, 0.15) is 11.0 Å². The predicted octanol–water partition coefficient (Wildman–Crippen LogP) is 4.04. The summed E-state index contributed by atoms with van der Waals surface area (Å²) in [7, 11) is 0. The molecule has 1 N–H and O–H groups in total. The number of nitrogens with one attached hydrogen (secondary N) is 1. The number of alkyl halides is 3. The van der Waals surface area contributed by atoms with Gasteiger partial charge in [0.25, 0.3) is 0 Å². The van der Waals surface area contributed by atoms with Crippen LogP contribution in [0.1, 0.15) is 11.4 Å². The maximum absolute atomic E-state index is 13.0. The Labute approximate surface area is 120 Å². The number of benzene rings is 1. The van der Waals surface area contributed by atoms with E-state index in [-0.39, 0.29) is 17.5 Å². The van der Waals surface area contributed by atoms with Crippen molar-refractivity contribution in [2.75, 3.05) is 5.32 Å². The molecule has 9 heteroatoms. The lowest BCUT2D eigenvalue weighted by molar-refractivity contribution is -0.144.